The molecule has 244 valence electrons. The largest absolute Gasteiger partial charge is 0.391 e. The average Bonchev–Trinajstić information content (AvgIpc) is 3.19. The molecule has 0 radical (unpaired) electrons. The van der Waals surface area contributed by atoms with Crippen LogP contribution in [0.4, 0.5) is 0 Å². The van der Waals surface area contributed by atoms with E-state index in [1.54, 1.807) is 0 Å². The molecule has 3 fully saturated rings. The number of guanidine groups is 1. The number of carbonyl (C=O) groups excluding carboxylic acids is 1. The zero-order valence-electron chi connectivity index (χ0n) is 23.7. The molecule has 16 atom stereocenters. The maximum Gasteiger partial charge on any atom is 0.187 e. The van der Waals surface area contributed by atoms with E-state index in [1.165, 1.54) is 6.92 Å². The minimum atomic E-state index is -1.61. The minimum absolute atomic E-state index is 0.0348. The number of aliphatic hydroxyl groups excluding tert-OH is 7. The van der Waals surface area contributed by atoms with Crippen LogP contribution in [0, 0.1) is 5.92 Å². The number of hydrogen-bond donors (Lipinski definition) is 11. The Balaban J connectivity index is 1.86. The molecule has 1 saturated carbocycles. The van der Waals surface area contributed by atoms with E-state index in [4.69, 9.17) is 41.9 Å². The Morgan fingerprint density at radius 2 is 1.57 bits per heavy atom. The molecule has 0 spiro atoms. The first-order valence-electron chi connectivity index (χ1n) is 14.1. The molecular weight excluding hydrogens is 562 g/mol. The van der Waals surface area contributed by atoms with E-state index in [9.17, 15) is 40.5 Å². The van der Waals surface area contributed by atoms with Crippen molar-refractivity contribution in [1.29, 1.82) is 0 Å². The number of ketones is 1. The maximum absolute atomic E-state index is 12.7. The van der Waals surface area contributed by atoms with Crippen molar-refractivity contribution in [2.75, 3.05) is 6.54 Å². The van der Waals surface area contributed by atoms with Gasteiger partial charge in [-0.25, -0.2) is 0 Å². The Hall–Kier alpha value is -1.58. The molecule has 6 unspecified atom stereocenters. The Morgan fingerprint density at radius 1 is 0.929 bits per heavy atom. The molecule has 1 aliphatic carbocycles. The van der Waals surface area contributed by atoms with Crippen LogP contribution in [0.1, 0.15) is 39.5 Å². The summed E-state index contributed by atoms with van der Waals surface area (Å²) in [6, 6.07) is -2.24. The lowest BCUT2D eigenvalue weighted by molar-refractivity contribution is -0.317. The molecule has 0 aromatic heterocycles. The van der Waals surface area contributed by atoms with Crippen molar-refractivity contribution >= 4 is 11.7 Å². The Kier molecular flexibility index (Phi) is 12.4. The van der Waals surface area contributed by atoms with E-state index >= 15 is 0 Å². The molecular formula is C25H47N5O12. The van der Waals surface area contributed by atoms with Crippen molar-refractivity contribution in [3.05, 3.63) is 0 Å². The summed E-state index contributed by atoms with van der Waals surface area (Å²) in [6.45, 7) is 2.95. The van der Waals surface area contributed by atoms with Gasteiger partial charge in [0.05, 0.1) is 24.8 Å². The molecule has 42 heavy (non-hydrogen) atoms. The summed E-state index contributed by atoms with van der Waals surface area (Å²) < 4.78 is 23.3. The molecule has 0 aromatic rings. The minimum Gasteiger partial charge on any atom is -0.391 e. The smallest absolute Gasteiger partial charge is 0.187 e. The molecule has 3 aliphatic rings. The second kappa shape index (κ2) is 14.9. The number of ether oxygens (including phenoxy) is 4. The van der Waals surface area contributed by atoms with Crippen LogP contribution in [0.5, 0.6) is 0 Å². The molecule has 2 saturated heterocycles. The highest BCUT2D eigenvalue weighted by atomic mass is 16.7. The standard InChI is InChI=1S/C25H47N5O12/c1-3-4-11(32)12(33)6-9-5-10(26)21(41-23-14(27)17(36)18(37)20(40-23)8(2)31)22(15(9)34)42-24-19(38)16(35)13(39-24)7-30-25(28)29/h8-11,13-24,31-32,34-38H,3-7,26-27H2,1-2H3,(H4,28,29,30)/t8-,9+,10?,11?,13-,14?,15?,16+,17-,18+,19?,20?,21-,22-,23-,24+/m1/s1. The van der Waals surface area contributed by atoms with E-state index in [2.05, 4.69) is 4.99 Å². The monoisotopic (exact) mass is 609 g/mol. The van der Waals surface area contributed by atoms with Crippen LogP contribution in [0.25, 0.3) is 0 Å². The summed E-state index contributed by atoms with van der Waals surface area (Å²) in [5.74, 6) is -1.56. The van der Waals surface area contributed by atoms with Gasteiger partial charge in [-0.05, 0) is 25.7 Å². The van der Waals surface area contributed by atoms with Crippen LogP contribution >= 0.6 is 0 Å². The molecule has 0 aromatic carbocycles. The maximum atomic E-state index is 12.7. The fourth-order valence-corrected chi connectivity index (χ4v) is 5.61. The number of hydrogen-bond acceptors (Lipinski definition) is 15. The second-order valence-corrected chi connectivity index (χ2v) is 11.4. The normalized spacial score (nSPS) is 44.0. The molecule has 2 aliphatic heterocycles. The number of aliphatic imine (C=N–C) groups is 1. The number of rotatable bonds is 12. The van der Waals surface area contributed by atoms with E-state index in [1.807, 2.05) is 6.92 Å². The highest BCUT2D eigenvalue weighted by Crippen LogP contribution is 2.36. The van der Waals surface area contributed by atoms with Crippen molar-refractivity contribution in [2.45, 2.75) is 131 Å². The molecule has 0 amide bonds. The van der Waals surface area contributed by atoms with Gasteiger partial charge in [-0.1, -0.05) is 13.3 Å². The number of Topliss-reactive ketones (excluding diaryl/α,β-unsaturated/α-hetero) is 1. The third-order valence-corrected chi connectivity index (χ3v) is 8.05. The van der Waals surface area contributed by atoms with Crippen molar-refractivity contribution in [2.24, 2.45) is 33.8 Å². The lowest BCUT2D eigenvalue weighted by Crippen LogP contribution is -2.67. The third-order valence-electron chi connectivity index (χ3n) is 8.05. The first-order chi connectivity index (χ1) is 19.7. The summed E-state index contributed by atoms with van der Waals surface area (Å²) in [4.78, 5) is 16.4. The van der Waals surface area contributed by atoms with Crippen LogP contribution in [0.3, 0.4) is 0 Å². The summed E-state index contributed by atoms with van der Waals surface area (Å²) >= 11 is 0. The third kappa shape index (κ3) is 7.92. The van der Waals surface area contributed by atoms with E-state index in [0.717, 1.165) is 0 Å². The van der Waals surface area contributed by atoms with Crippen molar-refractivity contribution < 1.29 is 59.5 Å². The SMILES string of the molecule is CCCC(O)C(=O)C[C@@H]1CC(N)[C@@H](O[C@H]2OC([C@@H](C)O)[C@@H](O)[C@H](O)C2N)[C@H](O[C@@H]2O[C@H](CN=C(N)N)[C@H](O)C2O)C1O. The summed E-state index contributed by atoms with van der Waals surface area (Å²) in [5, 5.41) is 73.5. The average molecular weight is 610 g/mol. The Bertz CT molecular complexity index is 913. The zero-order chi connectivity index (χ0) is 31.5. The fraction of sp³-hybridized carbons (Fsp3) is 0.920. The number of nitrogens with zero attached hydrogens (tertiary/aromatic N) is 1. The van der Waals surface area contributed by atoms with Crippen LogP contribution in [-0.4, -0.2) is 146 Å². The molecule has 15 N–H and O–H groups in total. The first kappa shape index (κ1) is 34.9. The van der Waals surface area contributed by atoms with E-state index < -0.39 is 104 Å². The number of aliphatic hydroxyl groups is 7. The second-order valence-electron chi connectivity index (χ2n) is 11.4. The van der Waals surface area contributed by atoms with Crippen LogP contribution in [-0.2, 0) is 23.7 Å². The van der Waals surface area contributed by atoms with Crippen molar-refractivity contribution in [3.8, 4) is 0 Å². The zero-order valence-corrected chi connectivity index (χ0v) is 23.7. The Morgan fingerprint density at radius 3 is 2.17 bits per heavy atom. The number of nitrogens with two attached hydrogens (primary N) is 4. The van der Waals surface area contributed by atoms with Gasteiger partial charge in [-0.3, -0.25) is 9.79 Å². The van der Waals surface area contributed by atoms with Crippen molar-refractivity contribution in [1.82, 2.24) is 0 Å². The van der Waals surface area contributed by atoms with E-state index in [-0.39, 0.29) is 31.8 Å². The van der Waals surface area contributed by atoms with Gasteiger partial charge in [0.1, 0.15) is 54.9 Å². The van der Waals surface area contributed by atoms with Gasteiger partial charge in [0.2, 0.25) is 0 Å². The van der Waals surface area contributed by atoms with Crippen molar-refractivity contribution in [3.63, 3.8) is 0 Å². The Labute approximate surface area is 243 Å². The lowest BCUT2D eigenvalue weighted by Gasteiger charge is -2.48. The van der Waals surface area contributed by atoms with Gasteiger partial charge in [0.25, 0.3) is 0 Å². The molecule has 0 bridgehead atoms. The summed E-state index contributed by atoms with van der Waals surface area (Å²) in [6.07, 6.45) is -17.4. The van der Waals surface area contributed by atoms with Gasteiger partial charge < -0.3 is 77.6 Å². The summed E-state index contributed by atoms with van der Waals surface area (Å²) in [5.41, 5.74) is 23.2. The highest BCUT2D eigenvalue weighted by molar-refractivity contribution is 5.83. The number of carbonyl (C=O) groups is 1. The van der Waals surface area contributed by atoms with Crippen LogP contribution in [0.15, 0.2) is 4.99 Å². The van der Waals surface area contributed by atoms with Gasteiger partial charge in [-0.2, -0.15) is 0 Å². The summed E-state index contributed by atoms with van der Waals surface area (Å²) in [7, 11) is 0. The predicted octanol–water partition coefficient (Wildman–Crippen LogP) is -5.54. The fourth-order valence-electron chi connectivity index (χ4n) is 5.61. The van der Waals surface area contributed by atoms with Crippen LogP contribution < -0.4 is 22.9 Å². The van der Waals surface area contributed by atoms with Gasteiger partial charge in [0, 0.05) is 12.5 Å². The van der Waals surface area contributed by atoms with Gasteiger partial charge in [-0.15, -0.1) is 0 Å². The van der Waals surface area contributed by atoms with Gasteiger partial charge >= 0.3 is 0 Å². The quantitative estimate of drug-likeness (QED) is 0.0725. The topological polar surface area (TPSA) is 312 Å². The first-order valence-corrected chi connectivity index (χ1v) is 14.1. The lowest BCUT2D eigenvalue weighted by atomic mass is 9.76. The molecule has 17 nitrogen and oxygen atoms in total. The highest BCUT2D eigenvalue weighted by Gasteiger charge is 2.53. The molecule has 3 rings (SSSR count). The predicted molar refractivity (Wildman–Crippen MR) is 144 cm³/mol. The molecule has 17 heteroatoms. The van der Waals surface area contributed by atoms with Crippen LogP contribution in [0.2, 0.25) is 0 Å². The van der Waals surface area contributed by atoms with Gasteiger partial charge in [0.15, 0.2) is 24.3 Å². The van der Waals surface area contributed by atoms with E-state index in [0.29, 0.717) is 6.42 Å². The molecule has 2 heterocycles.